The minimum absolute atomic E-state index is 0.363. The minimum Gasteiger partial charge on any atom is -0.465 e. The molecule has 0 amide bonds. The molecular formula is C20H14N2O3. The second-order valence-electron chi connectivity index (χ2n) is 5.49. The minimum atomic E-state index is -0.447. The van der Waals surface area contributed by atoms with Gasteiger partial charge in [0.1, 0.15) is 11.1 Å². The first-order valence-electron chi connectivity index (χ1n) is 7.75. The van der Waals surface area contributed by atoms with Crippen molar-refractivity contribution >= 4 is 17.1 Å². The van der Waals surface area contributed by atoms with Crippen LogP contribution in [0.5, 0.6) is 0 Å². The Kier molecular flexibility index (Phi) is 3.74. The lowest BCUT2D eigenvalue weighted by Gasteiger charge is -2.02. The number of para-hydroxylation sites is 1. The highest BCUT2D eigenvalue weighted by Crippen LogP contribution is 2.29. The summed E-state index contributed by atoms with van der Waals surface area (Å²) in [6.07, 6.45) is 3.54. The van der Waals surface area contributed by atoms with Crippen molar-refractivity contribution in [2.24, 2.45) is 0 Å². The summed E-state index contributed by atoms with van der Waals surface area (Å²) in [6.45, 7) is 0. The van der Waals surface area contributed by atoms with E-state index >= 15 is 0 Å². The molecule has 0 aliphatic heterocycles. The van der Waals surface area contributed by atoms with Gasteiger partial charge in [-0.2, -0.15) is 0 Å². The van der Waals surface area contributed by atoms with Gasteiger partial charge >= 0.3 is 5.97 Å². The molecular weight excluding hydrogens is 316 g/mol. The highest BCUT2D eigenvalue weighted by atomic mass is 16.5. The molecule has 4 rings (SSSR count). The van der Waals surface area contributed by atoms with Crippen LogP contribution in [0, 0.1) is 0 Å². The number of oxazole rings is 1. The number of carbonyl (C=O) groups is 1. The van der Waals surface area contributed by atoms with Crippen LogP contribution in [-0.4, -0.2) is 23.0 Å². The van der Waals surface area contributed by atoms with Crippen LogP contribution < -0.4 is 0 Å². The van der Waals surface area contributed by atoms with E-state index in [1.165, 1.54) is 7.11 Å². The van der Waals surface area contributed by atoms with E-state index < -0.39 is 5.97 Å². The van der Waals surface area contributed by atoms with Crippen molar-refractivity contribution in [3.8, 4) is 22.6 Å². The molecule has 0 atom stereocenters. The standard InChI is InChI=1S/C20H14N2O3/c1-24-20(23)16-8-3-9-17-18(16)25-19(22-17)14-6-2-5-13(11-14)15-7-4-10-21-12-15/h2-12H,1H3. The highest BCUT2D eigenvalue weighted by Gasteiger charge is 2.17. The van der Waals surface area contributed by atoms with E-state index in [4.69, 9.17) is 9.15 Å². The van der Waals surface area contributed by atoms with Crippen LogP contribution in [0.1, 0.15) is 10.4 Å². The van der Waals surface area contributed by atoms with Gasteiger partial charge in [-0.3, -0.25) is 4.98 Å². The summed E-state index contributed by atoms with van der Waals surface area (Å²) in [5.41, 5.74) is 4.26. The third-order valence-corrected chi connectivity index (χ3v) is 3.92. The first-order valence-corrected chi connectivity index (χ1v) is 7.75. The predicted octanol–water partition coefficient (Wildman–Crippen LogP) is 4.34. The summed E-state index contributed by atoms with van der Waals surface area (Å²) in [4.78, 5) is 20.5. The molecule has 0 unspecified atom stereocenters. The molecule has 25 heavy (non-hydrogen) atoms. The van der Waals surface area contributed by atoms with E-state index in [0.717, 1.165) is 16.7 Å². The van der Waals surface area contributed by atoms with Gasteiger partial charge in [0, 0.05) is 23.5 Å². The molecule has 0 bridgehead atoms. The maximum Gasteiger partial charge on any atom is 0.341 e. The van der Waals surface area contributed by atoms with Gasteiger partial charge < -0.3 is 9.15 Å². The van der Waals surface area contributed by atoms with Gasteiger partial charge in [0.2, 0.25) is 5.89 Å². The van der Waals surface area contributed by atoms with Gasteiger partial charge in [-0.15, -0.1) is 0 Å². The van der Waals surface area contributed by atoms with Gasteiger partial charge in [-0.1, -0.05) is 24.3 Å². The van der Waals surface area contributed by atoms with Crippen molar-refractivity contribution in [1.82, 2.24) is 9.97 Å². The van der Waals surface area contributed by atoms with Crippen LogP contribution in [0.25, 0.3) is 33.7 Å². The average molecular weight is 330 g/mol. The fourth-order valence-electron chi connectivity index (χ4n) is 2.71. The Hall–Kier alpha value is -3.47. The molecule has 0 N–H and O–H groups in total. The molecule has 2 aromatic heterocycles. The van der Waals surface area contributed by atoms with E-state index in [1.807, 2.05) is 36.4 Å². The number of hydrogen-bond donors (Lipinski definition) is 0. The van der Waals surface area contributed by atoms with Crippen molar-refractivity contribution in [1.29, 1.82) is 0 Å². The number of esters is 1. The zero-order valence-electron chi connectivity index (χ0n) is 13.5. The zero-order chi connectivity index (χ0) is 17.2. The van der Waals surface area contributed by atoms with Crippen molar-refractivity contribution in [3.63, 3.8) is 0 Å². The van der Waals surface area contributed by atoms with Crippen LogP contribution >= 0.6 is 0 Å². The van der Waals surface area contributed by atoms with E-state index in [-0.39, 0.29) is 0 Å². The Labute approximate surface area is 143 Å². The van der Waals surface area contributed by atoms with E-state index in [2.05, 4.69) is 9.97 Å². The predicted molar refractivity (Wildman–Crippen MR) is 94.0 cm³/mol. The van der Waals surface area contributed by atoms with Gasteiger partial charge in [-0.05, 0) is 35.9 Å². The first-order chi connectivity index (χ1) is 12.3. The number of aromatic nitrogens is 2. The molecule has 0 aliphatic carbocycles. The van der Waals surface area contributed by atoms with Crippen LogP contribution in [-0.2, 0) is 4.74 Å². The number of carbonyl (C=O) groups excluding carboxylic acids is 1. The summed E-state index contributed by atoms with van der Waals surface area (Å²) < 4.78 is 10.7. The number of nitrogens with zero attached hydrogens (tertiary/aromatic N) is 2. The molecule has 0 fully saturated rings. The van der Waals surface area contributed by atoms with E-state index in [9.17, 15) is 4.79 Å². The summed E-state index contributed by atoms with van der Waals surface area (Å²) in [7, 11) is 1.34. The van der Waals surface area contributed by atoms with Crippen LogP contribution in [0.2, 0.25) is 0 Å². The Morgan fingerprint density at radius 3 is 2.60 bits per heavy atom. The molecule has 5 heteroatoms. The van der Waals surface area contributed by atoms with Crippen molar-refractivity contribution in [2.75, 3.05) is 7.11 Å². The smallest absolute Gasteiger partial charge is 0.341 e. The Bertz CT molecular complexity index is 1050. The second-order valence-corrected chi connectivity index (χ2v) is 5.49. The number of methoxy groups -OCH3 is 1. The summed E-state index contributed by atoms with van der Waals surface area (Å²) in [5.74, 6) is 0.00880. The van der Waals surface area contributed by atoms with Crippen LogP contribution in [0.15, 0.2) is 71.4 Å². The van der Waals surface area contributed by atoms with Gasteiger partial charge in [0.25, 0.3) is 0 Å². The summed E-state index contributed by atoms with van der Waals surface area (Å²) in [6, 6.07) is 17.0. The van der Waals surface area contributed by atoms with E-state index in [0.29, 0.717) is 22.6 Å². The SMILES string of the molecule is COC(=O)c1cccc2nc(-c3cccc(-c4cccnc4)c3)oc12. The molecule has 122 valence electrons. The van der Waals surface area contributed by atoms with Gasteiger partial charge in [-0.25, -0.2) is 9.78 Å². The number of fused-ring (bicyclic) bond motifs is 1. The summed E-state index contributed by atoms with van der Waals surface area (Å²) >= 11 is 0. The molecule has 5 nitrogen and oxygen atoms in total. The van der Waals surface area contributed by atoms with Crippen LogP contribution in [0.4, 0.5) is 0 Å². The molecule has 0 saturated heterocycles. The van der Waals surface area contributed by atoms with E-state index in [1.54, 1.807) is 30.6 Å². The third kappa shape index (κ3) is 2.76. The monoisotopic (exact) mass is 330 g/mol. The number of benzene rings is 2. The first kappa shape index (κ1) is 15.1. The maximum atomic E-state index is 11.9. The fraction of sp³-hybridized carbons (Fsp3) is 0.0500. The molecule has 2 heterocycles. The third-order valence-electron chi connectivity index (χ3n) is 3.92. The number of hydrogen-bond acceptors (Lipinski definition) is 5. The Morgan fingerprint density at radius 2 is 1.80 bits per heavy atom. The average Bonchev–Trinajstić information content (AvgIpc) is 3.12. The molecule has 0 aliphatic rings. The lowest BCUT2D eigenvalue weighted by Crippen LogP contribution is -2.00. The quantitative estimate of drug-likeness (QED) is 0.523. The van der Waals surface area contributed by atoms with Crippen molar-refractivity contribution in [3.05, 3.63) is 72.6 Å². The highest BCUT2D eigenvalue weighted by molar-refractivity contribution is 6.01. The largest absolute Gasteiger partial charge is 0.465 e. The number of pyridine rings is 1. The van der Waals surface area contributed by atoms with Gasteiger partial charge in [0.05, 0.1) is 7.11 Å². The zero-order valence-corrected chi connectivity index (χ0v) is 13.5. The number of ether oxygens (including phenoxy) is 1. The van der Waals surface area contributed by atoms with Crippen molar-refractivity contribution < 1.29 is 13.9 Å². The van der Waals surface area contributed by atoms with Crippen molar-refractivity contribution in [2.45, 2.75) is 0 Å². The molecule has 0 saturated carbocycles. The lowest BCUT2D eigenvalue weighted by atomic mass is 10.0. The molecule has 0 spiro atoms. The Balaban J connectivity index is 1.82. The number of rotatable bonds is 3. The summed E-state index contributed by atoms with van der Waals surface area (Å²) in [5, 5.41) is 0. The molecule has 2 aromatic carbocycles. The second kappa shape index (κ2) is 6.20. The molecule has 4 aromatic rings. The molecule has 0 radical (unpaired) electrons. The lowest BCUT2D eigenvalue weighted by molar-refractivity contribution is 0.0602. The fourth-order valence-corrected chi connectivity index (χ4v) is 2.71. The topological polar surface area (TPSA) is 65.2 Å². The maximum absolute atomic E-state index is 11.9. The van der Waals surface area contributed by atoms with Crippen LogP contribution in [0.3, 0.4) is 0 Å². The normalized spacial score (nSPS) is 10.8. The van der Waals surface area contributed by atoms with Gasteiger partial charge in [0.15, 0.2) is 5.58 Å². The Morgan fingerprint density at radius 1 is 1.00 bits per heavy atom.